The van der Waals surface area contributed by atoms with Gasteiger partial charge in [-0.15, -0.1) is 0 Å². The highest BCUT2D eigenvalue weighted by Crippen LogP contribution is 2.21. The minimum Gasteiger partial charge on any atom is -0.491 e. The molecule has 2 aromatic rings. The van der Waals surface area contributed by atoms with E-state index in [1.807, 2.05) is 0 Å². The molecular formula is C20H23ClF2N2O2. The number of benzene rings is 2. The highest BCUT2D eigenvalue weighted by molar-refractivity contribution is 6.31. The predicted octanol–water partition coefficient (Wildman–Crippen LogP) is 3.18. The van der Waals surface area contributed by atoms with Crippen molar-refractivity contribution in [3.05, 3.63) is 64.7 Å². The van der Waals surface area contributed by atoms with Gasteiger partial charge in [0.1, 0.15) is 30.1 Å². The minimum atomic E-state index is -0.636. The molecule has 0 unspecified atom stereocenters. The Balaban J connectivity index is 1.40. The van der Waals surface area contributed by atoms with E-state index in [1.54, 1.807) is 12.1 Å². The summed E-state index contributed by atoms with van der Waals surface area (Å²) in [6, 6.07) is 10.5. The normalized spacial score (nSPS) is 17.0. The van der Waals surface area contributed by atoms with E-state index in [0.717, 1.165) is 26.2 Å². The fraction of sp³-hybridized carbons (Fsp3) is 0.400. The summed E-state index contributed by atoms with van der Waals surface area (Å²) in [4.78, 5) is 4.31. The van der Waals surface area contributed by atoms with E-state index in [-0.39, 0.29) is 18.2 Å². The fourth-order valence-corrected chi connectivity index (χ4v) is 3.33. The Morgan fingerprint density at radius 2 is 1.67 bits per heavy atom. The molecule has 0 aromatic heterocycles. The third-order valence-electron chi connectivity index (χ3n) is 4.63. The van der Waals surface area contributed by atoms with E-state index >= 15 is 0 Å². The van der Waals surface area contributed by atoms with E-state index in [2.05, 4.69) is 9.80 Å². The minimum absolute atomic E-state index is 0.149. The maximum atomic E-state index is 13.9. The van der Waals surface area contributed by atoms with Crippen molar-refractivity contribution in [2.24, 2.45) is 0 Å². The quantitative estimate of drug-likeness (QED) is 0.779. The van der Waals surface area contributed by atoms with Crippen LogP contribution in [0.2, 0.25) is 5.02 Å². The summed E-state index contributed by atoms with van der Waals surface area (Å²) in [5.74, 6) is -0.0715. The molecule has 0 amide bonds. The molecule has 1 heterocycles. The molecule has 1 aliphatic rings. The van der Waals surface area contributed by atoms with E-state index < -0.39 is 6.10 Å². The van der Waals surface area contributed by atoms with Gasteiger partial charge < -0.3 is 9.84 Å². The van der Waals surface area contributed by atoms with E-state index in [1.165, 1.54) is 30.3 Å². The average Bonchev–Trinajstić information content (AvgIpc) is 2.66. The van der Waals surface area contributed by atoms with Crippen molar-refractivity contribution in [3.8, 4) is 5.75 Å². The van der Waals surface area contributed by atoms with Gasteiger partial charge in [0.05, 0.1) is 0 Å². The number of nitrogens with zero attached hydrogens (tertiary/aromatic N) is 2. The van der Waals surface area contributed by atoms with Gasteiger partial charge in [-0.2, -0.15) is 0 Å². The first kappa shape index (κ1) is 20.0. The van der Waals surface area contributed by atoms with Gasteiger partial charge in [0.15, 0.2) is 0 Å². The summed E-state index contributed by atoms with van der Waals surface area (Å²) >= 11 is 6.10. The lowest BCUT2D eigenvalue weighted by Gasteiger charge is -2.35. The number of aliphatic hydroxyl groups is 1. The van der Waals surface area contributed by atoms with Crippen molar-refractivity contribution in [2.75, 3.05) is 39.3 Å². The molecule has 0 spiro atoms. The van der Waals surface area contributed by atoms with Crippen molar-refractivity contribution in [2.45, 2.75) is 12.6 Å². The molecule has 1 saturated heterocycles. The molecule has 1 aliphatic heterocycles. The maximum Gasteiger partial charge on any atom is 0.129 e. The molecule has 1 fully saturated rings. The molecular weight excluding hydrogens is 374 g/mol. The monoisotopic (exact) mass is 396 g/mol. The highest BCUT2D eigenvalue weighted by atomic mass is 35.5. The average molecular weight is 397 g/mol. The standard InChI is InChI=1S/C20H23ClF2N2O2/c21-19-2-1-3-20(23)18(19)13-25-10-8-24(9-11-25)12-16(26)14-27-17-6-4-15(22)5-7-17/h1-7,16,26H,8-14H2/t16-/m0/s1. The molecule has 3 rings (SSSR count). The lowest BCUT2D eigenvalue weighted by Crippen LogP contribution is -2.48. The molecule has 1 N–H and O–H groups in total. The van der Waals surface area contributed by atoms with Crippen LogP contribution in [0.15, 0.2) is 42.5 Å². The number of halogens is 3. The van der Waals surface area contributed by atoms with Gasteiger partial charge in [-0.1, -0.05) is 17.7 Å². The fourth-order valence-electron chi connectivity index (χ4n) is 3.11. The maximum absolute atomic E-state index is 13.9. The van der Waals surface area contributed by atoms with Crippen LogP contribution in [0.25, 0.3) is 0 Å². The van der Waals surface area contributed by atoms with Crippen LogP contribution in [0, 0.1) is 11.6 Å². The van der Waals surface area contributed by atoms with Crippen molar-refractivity contribution < 1.29 is 18.6 Å². The molecule has 0 aliphatic carbocycles. The zero-order valence-electron chi connectivity index (χ0n) is 15.0. The van der Waals surface area contributed by atoms with Crippen molar-refractivity contribution >= 4 is 11.6 Å². The summed E-state index contributed by atoms with van der Waals surface area (Å²) in [7, 11) is 0. The molecule has 1 atom stereocenters. The Bertz CT molecular complexity index is 717. The second-order valence-corrected chi connectivity index (χ2v) is 7.10. The van der Waals surface area contributed by atoms with Crippen molar-refractivity contribution in [1.82, 2.24) is 9.80 Å². The van der Waals surface area contributed by atoms with Gasteiger partial charge in [0, 0.05) is 49.9 Å². The largest absolute Gasteiger partial charge is 0.491 e. The molecule has 0 saturated carbocycles. The van der Waals surface area contributed by atoms with E-state index in [0.29, 0.717) is 29.4 Å². The lowest BCUT2D eigenvalue weighted by molar-refractivity contribution is 0.0444. The van der Waals surface area contributed by atoms with Crippen LogP contribution in [-0.2, 0) is 6.54 Å². The van der Waals surface area contributed by atoms with Crippen LogP contribution in [0.4, 0.5) is 8.78 Å². The second-order valence-electron chi connectivity index (χ2n) is 6.70. The Hall–Kier alpha value is -1.73. The summed E-state index contributed by atoms with van der Waals surface area (Å²) in [6.07, 6.45) is -0.636. The Morgan fingerprint density at radius 1 is 1.00 bits per heavy atom. The van der Waals surface area contributed by atoms with Crippen molar-refractivity contribution in [3.63, 3.8) is 0 Å². The number of ether oxygens (including phenoxy) is 1. The second kappa shape index (κ2) is 9.46. The summed E-state index contributed by atoms with van der Waals surface area (Å²) in [5, 5.41) is 10.6. The zero-order chi connectivity index (χ0) is 19.2. The van der Waals surface area contributed by atoms with E-state index in [4.69, 9.17) is 16.3 Å². The molecule has 0 bridgehead atoms. The molecule has 2 aromatic carbocycles. The number of β-amino-alcohol motifs (C(OH)–C–C–N with tert-alkyl or cyclic N) is 1. The van der Waals surface area contributed by atoms with Gasteiger partial charge in [-0.3, -0.25) is 9.80 Å². The zero-order valence-corrected chi connectivity index (χ0v) is 15.7. The molecule has 27 heavy (non-hydrogen) atoms. The van der Waals surface area contributed by atoms with Crippen LogP contribution in [-0.4, -0.2) is 60.3 Å². The lowest BCUT2D eigenvalue weighted by atomic mass is 10.1. The van der Waals surface area contributed by atoms with Crippen LogP contribution in [0.1, 0.15) is 5.56 Å². The van der Waals surface area contributed by atoms with Crippen molar-refractivity contribution in [1.29, 1.82) is 0 Å². The summed E-state index contributed by atoms with van der Waals surface area (Å²) in [6.45, 7) is 4.23. The number of piperazine rings is 1. The Kier molecular flexibility index (Phi) is 7.01. The van der Waals surface area contributed by atoms with Crippen LogP contribution >= 0.6 is 11.6 Å². The number of hydrogen-bond donors (Lipinski definition) is 1. The third kappa shape index (κ3) is 5.87. The van der Waals surface area contributed by atoms with Crippen LogP contribution in [0.5, 0.6) is 5.75 Å². The molecule has 4 nitrogen and oxygen atoms in total. The number of rotatable bonds is 7. The first-order valence-electron chi connectivity index (χ1n) is 8.95. The van der Waals surface area contributed by atoms with Gasteiger partial charge in [-0.25, -0.2) is 8.78 Å². The first-order chi connectivity index (χ1) is 13.0. The van der Waals surface area contributed by atoms with Gasteiger partial charge >= 0.3 is 0 Å². The first-order valence-corrected chi connectivity index (χ1v) is 9.33. The van der Waals surface area contributed by atoms with E-state index in [9.17, 15) is 13.9 Å². The topological polar surface area (TPSA) is 35.9 Å². The number of aliphatic hydroxyl groups excluding tert-OH is 1. The number of hydrogen-bond acceptors (Lipinski definition) is 4. The summed E-state index contributed by atoms with van der Waals surface area (Å²) < 4.78 is 32.3. The SMILES string of the molecule is O[C@H](COc1ccc(F)cc1)CN1CCN(Cc2c(F)cccc2Cl)CC1. The predicted molar refractivity (Wildman–Crippen MR) is 101 cm³/mol. The van der Waals surface area contributed by atoms with Crippen LogP contribution in [0.3, 0.4) is 0 Å². The van der Waals surface area contributed by atoms with Gasteiger partial charge in [0.2, 0.25) is 0 Å². The Morgan fingerprint density at radius 3 is 2.33 bits per heavy atom. The molecule has 7 heteroatoms. The third-order valence-corrected chi connectivity index (χ3v) is 4.99. The highest BCUT2D eigenvalue weighted by Gasteiger charge is 2.21. The van der Waals surface area contributed by atoms with Gasteiger partial charge in [-0.05, 0) is 36.4 Å². The molecule has 0 radical (unpaired) electrons. The van der Waals surface area contributed by atoms with Gasteiger partial charge in [0.25, 0.3) is 0 Å². The molecule has 146 valence electrons. The Labute approximate surface area is 162 Å². The summed E-state index contributed by atoms with van der Waals surface area (Å²) in [5.41, 5.74) is 0.528. The smallest absolute Gasteiger partial charge is 0.129 e. The van der Waals surface area contributed by atoms with Crippen LogP contribution < -0.4 is 4.74 Å².